The van der Waals surface area contributed by atoms with Crippen LogP contribution >= 0.6 is 0 Å². The number of rotatable bonds is 9. The summed E-state index contributed by atoms with van der Waals surface area (Å²) in [6.07, 6.45) is -1.27. The van der Waals surface area contributed by atoms with Gasteiger partial charge in [-0.05, 0) is 55.2 Å². The molecule has 0 saturated carbocycles. The van der Waals surface area contributed by atoms with Gasteiger partial charge < -0.3 is 30.8 Å². The van der Waals surface area contributed by atoms with Crippen LogP contribution in [0, 0.1) is 11.6 Å². The molecule has 4 aromatic rings. The normalized spacial score (nSPS) is 23.1. The lowest BCUT2D eigenvalue weighted by Gasteiger charge is -2.28. The van der Waals surface area contributed by atoms with Crippen molar-refractivity contribution in [1.29, 1.82) is 0 Å². The number of fused-ring (bicyclic) bond motifs is 2. The molecule has 246 valence electrons. The number of likely N-dealkylation sites (tertiary alicyclic amines) is 2. The van der Waals surface area contributed by atoms with E-state index < -0.39 is 48.1 Å². The summed E-state index contributed by atoms with van der Waals surface area (Å²) in [6, 6.07) is 5.84. The van der Waals surface area contributed by atoms with Gasteiger partial charge >= 0.3 is 0 Å². The van der Waals surface area contributed by atoms with Crippen molar-refractivity contribution in [3.63, 3.8) is 0 Å². The van der Waals surface area contributed by atoms with Crippen molar-refractivity contribution in [3.05, 3.63) is 53.6 Å². The van der Waals surface area contributed by atoms with Crippen molar-refractivity contribution >= 4 is 33.8 Å². The van der Waals surface area contributed by atoms with Crippen molar-refractivity contribution in [2.45, 2.75) is 89.0 Å². The van der Waals surface area contributed by atoms with Gasteiger partial charge in [0.2, 0.25) is 11.8 Å². The highest BCUT2D eigenvalue weighted by molar-refractivity contribution is 5.92. The Bertz CT molecular complexity index is 1650. The second kappa shape index (κ2) is 12.7. The Hall–Kier alpha value is -3.97. The summed E-state index contributed by atoms with van der Waals surface area (Å²) >= 11 is 0. The van der Waals surface area contributed by atoms with Crippen LogP contribution in [0.15, 0.2) is 36.4 Å². The fourth-order valence-corrected chi connectivity index (χ4v) is 6.96. The average Bonchev–Trinajstić information content (AvgIpc) is 3.78. The lowest BCUT2D eigenvalue weighted by molar-refractivity contribution is -0.134. The first-order chi connectivity index (χ1) is 22.0. The number of aromatic amines is 1. The van der Waals surface area contributed by atoms with Crippen LogP contribution in [0.4, 0.5) is 17.6 Å². The molecule has 0 spiro atoms. The summed E-state index contributed by atoms with van der Waals surface area (Å²) < 4.78 is 60.4. The number of imidazole rings is 1. The van der Waals surface area contributed by atoms with Crippen LogP contribution in [-0.4, -0.2) is 85.7 Å². The number of carbonyl (C=O) groups excluding carboxylic acids is 2. The zero-order chi connectivity index (χ0) is 32.9. The van der Waals surface area contributed by atoms with Gasteiger partial charge in [0, 0.05) is 42.4 Å². The number of aromatic nitrogens is 3. The fourth-order valence-electron chi connectivity index (χ4n) is 6.96. The molecule has 9 nitrogen and oxygen atoms in total. The van der Waals surface area contributed by atoms with E-state index in [1.807, 2.05) is 4.57 Å². The van der Waals surface area contributed by atoms with Crippen molar-refractivity contribution in [1.82, 2.24) is 24.3 Å². The van der Waals surface area contributed by atoms with Crippen LogP contribution in [0.3, 0.4) is 0 Å². The number of nitrogens with one attached hydrogen (secondary N) is 1. The van der Waals surface area contributed by atoms with E-state index in [0.29, 0.717) is 51.9 Å². The zero-order valence-corrected chi connectivity index (χ0v) is 25.9. The smallest absolute Gasteiger partial charge is 0.239 e. The highest BCUT2D eigenvalue weighted by Gasteiger charge is 2.40. The first-order valence-corrected chi connectivity index (χ1v) is 15.8. The van der Waals surface area contributed by atoms with E-state index in [0.717, 1.165) is 0 Å². The average molecular weight is 642 g/mol. The van der Waals surface area contributed by atoms with Gasteiger partial charge in [-0.1, -0.05) is 13.8 Å². The molecule has 4 heterocycles. The quantitative estimate of drug-likeness (QED) is 0.234. The molecule has 2 fully saturated rings. The Balaban J connectivity index is 1.48. The molecular formula is C33H39F4N7O2. The Morgan fingerprint density at radius 2 is 1.50 bits per heavy atom. The summed E-state index contributed by atoms with van der Waals surface area (Å²) in [5, 5.41) is 0.658. The summed E-state index contributed by atoms with van der Waals surface area (Å²) in [5.41, 5.74) is 14.6. The Labute approximate surface area is 263 Å². The third-order valence-corrected chi connectivity index (χ3v) is 9.44. The van der Waals surface area contributed by atoms with E-state index in [9.17, 15) is 27.2 Å². The Morgan fingerprint density at radius 3 is 2.15 bits per heavy atom. The predicted octanol–water partition coefficient (Wildman–Crippen LogP) is 4.36. The minimum absolute atomic E-state index is 0.0723. The minimum atomic E-state index is -1.24. The second-order valence-corrected chi connectivity index (χ2v) is 12.5. The number of carbonyl (C=O) groups is 2. The number of hydrogen-bond donors (Lipinski definition) is 3. The maximum absolute atomic E-state index is 14.8. The molecule has 2 aromatic heterocycles. The zero-order valence-electron chi connectivity index (χ0n) is 25.9. The predicted molar refractivity (Wildman–Crippen MR) is 167 cm³/mol. The summed E-state index contributed by atoms with van der Waals surface area (Å²) in [7, 11) is 0. The molecule has 2 aliphatic heterocycles. The number of alkyl halides is 2. The molecule has 5 N–H and O–H groups in total. The van der Waals surface area contributed by atoms with Gasteiger partial charge in [-0.2, -0.15) is 0 Å². The molecule has 6 atom stereocenters. The van der Waals surface area contributed by atoms with E-state index in [4.69, 9.17) is 16.5 Å². The second-order valence-electron chi connectivity index (χ2n) is 12.5. The molecular weight excluding hydrogens is 602 g/mol. The van der Waals surface area contributed by atoms with Crippen molar-refractivity contribution in [2.24, 2.45) is 11.5 Å². The maximum Gasteiger partial charge on any atom is 0.239 e. The van der Waals surface area contributed by atoms with E-state index in [1.165, 1.54) is 34.1 Å². The first kappa shape index (κ1) is 32.0. The van der Waals surface area contributed by atoms with Crippen LogP contribution in [0.2, 0.25) is 0 Å². The van der Waals surface area contributed by atoms with Crippen molar-refractivity contribution in [3.8, 4) is 11.5 Å². The highest BCUT2D eigenvalue weighted by atomic mass is 19.1. The summed E-state index contributed by atoms with van der Waals surface area (Å²) in [6.45, 7) is 3.56. The lowest BCUT2D eigenvalue weighted by Crippen LogP contribution is -2.47. The number of benzene rings is 2. The lowest BCUT2D eigenvalue weighted by atomic mass is 9.99. The van der Waals surface area contributed by atoms with E-state index in [-0.39, 0.29) is 50.7 Å². The molecule has 0 radical (unpaired) electrons. The van der Waals surface area contributed by atoms with Gasteiger partial charge in [-0.3, -0.25) is 9.59 Å². The number of hydrogen-bond acceptors (Lipinski definition) is 5. The van der Waals surface area contributed by atoms with Crippen LogP contribution in [0.1, 0.15) is 45.1 Å². The molecule has 2 unspecified atom stereocenters. The van der Waals surface area contributed by atoms with Gasteiger partial charge in [0.05, 0.1) is 47.9 Å². The summed E-state index contributed by atoms with van der Waals surface area (Å²) in [5.74, 6) is -1.29. The van der Waals surface area contributed by atoms with Gasteiger partial charge in [-0.15, -0.1) is 0 Å². The molecule has 2 saturated heterocycles. The molecule has 2 aliphatic rings. The van der Waals surface area contributed by atoms with E-state index in [1.54, 1.807) is 26.0 Å². The third kappa shape index (κ3) is 5.86. The number of nitrogens with two attached hydrogens (primary N) is 2. The molecule has 2 aromatic carbocycles. The van der Waals surface area contributed by atoms with Crippen LogP contribution in [-0.2, 0) is 22.6 Å². The Morgan fingerprint density at radius 1 is 0.913 bits per heavy atom. The molecule has 13 heteroatoms. The molecule has 2 amide bonds. The number of H-pyrrole nitrogens is 1. The minimum Gasteiger partial charge on any atom is -0.352 e. The van der Waals surface area contributed by atoms with Gasteiger partial charge in [-0.25, -0.2) is 22.5 Å². The number of nitrogens with zero attached hydrogens (tertiary/aromatic N) is 4. The van der Waals surface area contributed by atoms with Crippen LogP contribution in [0.5, 0.6) is 0 Å². The SMILES string of the molecule is CCC(N)C(=O)N1C[C@@H](F)C[C@H]1Cc1c(-c2nc3cc(F)ccc3n2C[C@@H]2C[C@H](F)CN2C(=O)C(N)CC)[nH]c2cc(F)ccc12. The topological polar surface area (TPSA) is 126 Å². The third-order valence-electron chi connectivity index (χ3n) is 9.44. The maximum atomic E-state index is 14.8. The molecule has 0 aliphatic carbocycles. The highest BCUT2D eigenvalue weighted by Crippen LogP contribution is 2.37. The largest absolute Gasteiger partial charge is 0.352 e. The monoisotopic (exact) mass is 641 g/mol. The molecule has 6 rings (SSSR count). The molecule has 0 bridgehead atoms. The fraction of sp³-hybridized carbons (Fsp3) is 0.485. The number of halogens is 4. The van der Waals surface area contributed by atoms with Gasteiger partial charge in [0.1, 0.15) is 24.0 Å². The van der Waals surface area contributed by atoms with E-state index in [2.05, 4.69) is 4.98 Å². The summed E-state index contributed by atoms with van der Waals surface area (Å²) in [4.78, 5) is 37.3. The Kier molecular flexibility index (Phi) is 8.81. The van der Waals surface area contributed by atoms with Crippen molar-refractivity contribution < 1.29 is 27.2 Å². The number of amides is 2. The first-order valence-electron chi connectivity index (χ1n) is 15.8. The van der Waals surface area contributed by atoms with Crippen LogP contribution < -0.4 is 11.5 Å². The van der Waals surface area contributed by atoms with Gasteiger partial charge in [0.15, 0.2) is 5.82 Å². The molecule has 46 heavy (non-hydrogen) atoms. The standard InChI is InChI=1S/C33H39F4N7O2/c1-3-25(38)32(45)42-14-19(36)9-21(42)13-24-23-7-5-17(34)11-27(23)40-30(24)31-41-28-12-18(35)6-8-29(28)44(31)16-22-10-20(37)15-43(22)33(46)26(39)4-2/h5-8,11-12,19-22,25-26,40H,3-4,9-10,13-16,38-39H2,1-2H3/t19-,20-,21-,22-,25?,26?/m0/s1. The van der Waals surface area contributed by atoms with Crippen LogP contribution in [0.25, 0.3) is 33.5 Å². The van der Waals surface area contributed by atoms with Crippen molar-refractivity contribution in [2.75, 3.05) is 13.1 Å². The van der Waals surface area contributed by atoms with Gasteiger partial charge in [0.25, 0.3) is 0 Å². The van der Waals surface area contributed by atoms with E-state index >= 15 is 0 Å².